The first kappa shape index (κ1) is 22.0. The third-order valence-electron chi connectivity index (χ3n) is 5.94. The maximum absolute atomic E-state index is 13.5. The maximum Gasteiger partial charge on any atom is 0.272 e. The van der Waals surface area contributed by atoms with E-state index in [1.807, 2.05) is 24.8 Å². The van der Waals surface area contributed by atoms with Gasteiger partial charge in [0.1, 0.15) is 11.5 Å². The predicted molar refractivity (Wildman–Crippen MR) is 125 cm³/mol. The molecule has 160 valence electrons. The van der Waals surface area contributed by atoms with Gasteiger partial charge < -0.3 is 14.4 Å². The SMILES string of the molecule is CCN(CC)CCN(CC)C(=O)c1c(C)nc(-c2cccc3ccccc23)n1CC. The molecule has 1 heterocycles. The monoisotopic (exact) mass is 406 g/mol. The summed E-state index contributed by atoms with van der Waals surface area (Å²) in [5.74, 6) is 0.943. The van der Waals surface area contributed by atoms with Crippen LogP contribution in [0.3, 0.4) is 0 Å². The van der Waals surface area contributed by atoms with Crippen molar-refractivity contribution in [1.82, 2.24) is 19.4 Å². The van der Waals surface area contributed by atoms with Crippen LogP contribution in [0.25, 0.3) is 22.2 Å². The Morgan fingerprint density at radius 2 is 1.63 bits per heavy atom. The Bertz CT molecular complexity index is 998. The number of carbonyl (C=O) groups excluding carboxylic acids is 1. The van der Waals surface area contributed by atoms with Gasteiger partial charge in [0.2, 0.25) is 0 Å². The van der Waals surface area contributed by atoms with Gasteiger partial charge >= 0.3 is 0 Å². The van der Waals surface area contributed by atoms with E-state index in [1.165, 1.54) is 5.39 Å². The van der Waals surface area contributed by atoms with E-state index in [9.17, 15) is 4.79 Å². The van der Waals surface area contributed by atoms with Crippen molar-refractivity contribution in [3.63, 3.8) is 0 Å². The Kier molecular flexibility index (Phi) is 7.27. The molecule has 3 aromatic rings. The van der Waals surface area contributed by atoms with Gasteiger partial charge in [-0.1, -0.05) is 56.3 Å². The van der Waals surface area contributed by atoms with E-state index in [0.29, 0.717) is 18.8 Å². The third-order valence-corrected chi connectivity index (χ3v) is 5.94. The van der Waals surface area contributed by atoms with E-state index in [4.69, 9.17) is 4.98 Å². The standard InChI is InChI=1S/C25H34N4O/c1-6-27(7-2)17-18-28(8-3)25(30)23-19(5)26-24(29(23)9-4)22-16-12-14-20-13-10-11-15-21(20)22/h10-16H,6-9,17-18H2,1-5H3. The predicted octanol–water partition coefficient (Wildman–Crippen LogP) is 4.84. The van der Waals surface area contributed by atoms with Gasteiger partial charge in [0.15, 0.2) is 0 Å². The smallest absolute Gasteiger partial charge is 0.272 e. The molecule has 0 aliphatic heterocycles. The van der Waals surface area contributed by atoms with E-state index < -0.39 is 0 Å². The van der Waals surface area contributed by atoms with Crippen molar-refractivity contribution in [3.05, 3.63) is 53.9 Å². The molecule has 2 aromatic carbocycles. The van der Waals surface area contributed by atoms with Gasteiger partial charge in [-0.3, -0.25) is 4.79 Å². The summed E-state index contributed by atoms with van der Waals surface area (Å²) in [6.45, 7) is 15.4. The highest BCUT2D eigenvalue weighted by Gasteiger charge is 2.25. The molecule has 0 spiro atoms. The van der Waals surface area contributed by atoms with Crippen LogP contribution < -0.4 is 0 Å². The molecule has 5 heteroatoms. The molecule has 0 atom stereocenters. The Morgan fingerprint density at radius 1 is 0.933 bits per heavy atom. The van der Waals surface area contributed by atoms with E-state index in [2.05, 4.69) is 66.6 Å². The van der Waals surface area contributed by atoms with Gasteiger partial charge in [0.05, 0.1) is 5.69 Å². The van der Waals surface area contributed by atoms with E-state index in [0.717, 1.165) is 48.6 Å². The molecule has 0 bridgehead atoms. The largest absolute Gasteiger partial charge is 0.336 e. The first-order valence-corrected chi connectivity index (χ1v) is 11.1. The number of amides is 1. The summed E-state index contributed by atoms with van der Waals surface area (Å²) in [5, 5.41) is 2.34. The summed E-state index contributed by atoms with van der Waals surface area (Å²) in [6, 6.07) is 14.6. The lowest BCUT2D eigenvalue weighted by atomic mass is 10.0. The molecule has 1 amide bonds. The second-order valence-electron chi connectivity index (χ2n) is 7.55. The number of hydrogen-bond acceptors (Lipinski definition) is 3. The van der Waals surface area contributed by atoms with Crippen molar-refractivity contribution in [3.8, 4) is 11.4 Å². The first-order chi connectivity index (χ1) is 14.5. The summed E-state index contributed by atoms with van der Waals surface area (Å²) < 4.78 is 2.08. The van der Waals surface area contributed by atoms with Crippen LogP contribution in [0, 0.1) is 6.92 Å². The molecule has 0 fully saturated rings. The Hall–Kier alpha value is -2.66. The Morgan fingerprint density at radius 3 is 2.30 bits per heavy atom. The molecule has 5 nitrogen and oxygen atoms in total. The Balaban J connectivity index is 2.00. The van der Waals surface area contributed by atoms with Crippen molar-refractivity contribution in [1.29, 1.82) is 0 Å². The second-order valence-corrected chi connectivity index (χ2v) is 7.55. The quantitative estimate of drug-likeness (QED) is 0.511. The number of aromatic nitrogens is 2. The molecule has 0 aliphatic rings. The lowest BCUT2D eigenvalue weighted by molar-refractivity contribution is 0.0735. The van der Waals surface area contributed by atoms with Crippen LogP contribution in [-0.2, 0) is 6.54 Å². The molecule has 0 radical (unpaired) electrons. The van der Waals surface area contributed by atoms with Crippen molar-refractivity contribution < 1.29 is 4.79 Å². The van der Waals surface area contributed by atoms with Gasteiger partial charge in [-0.15, -0.1) is 0 Å². The number of imidazole rings is 1. The van der Waals surface area contributed by atoms with Gasteiger partial charge in [-0.25, -0.2) is 4.98 Å². The van der Waals surface area contributed by atoms with Crippen molar-refractivity contribution >= 4 is 16.7 Å². The lowest BCUT2D eigenvalue weighted by Crippen LogP contribution is -2.39. The number of hydrogen-bond donors (Lipinski definition) is 0. The minimum Gasteiger partial charge on any atom is -0.336 e. The van der Waals surface area contributed by atoms with Crippen LogP contribution in [0.2, 0.25) is 0 Å². The highest BCUT2D eigenvalue weighted by molar-refractivity contribution is 5.98. The van der Waals surface area contributed by atoms with E-state index in [1.54, 1.807) is 0 Å². The summed E-state index contributed by atoms with van der Waals surface area (Å²) in [4.78, 5) is 22.7. The van der Waals surface area contributed by atoms with Gasteiger partial charge in [0.25, 0.3) is 5.91 Å². The molecule has 0 N–H and O–H groups in total. The number of rotatable bonds is 9. The summed E-state index contributed by atoms with van der Waals surface area (Å²) in [5.41, 5.74) is 2.58. The van der Waals surface area contributed by atoms with Crippen LogP contribution in [0.4, 0.5) is 0 Å². The highest BCUT2D eigenvalue weighted by Crippen LogP contribution is 2.30. The number of benzene rings is 2. The van der Waals surface area contributed by atoms with Crippen molar-refractivity contribution in [2.24, 2.45) is 0 Å². The molecule has 3 rings (SSSR count). The molecule has 0 saturated carbocycles. The minimum atomic E-state index is 0.0722. The molecule has 30 heavy (non-hydrogen) atoms. The van der Waals surface area contributed by atoms with Crippen LogP contribution in [0.5, 0.6) is 0 Å². The zero-order valence-electron chi connectivity index (χ0n) is 19.0. The lowest BCUT2D eigenvalue weighted by Gasteiger charge is -2.26. The summed E-state index contributed by atoms with van der Waals surface area (Å²) >= 11 is 0. The topological polar surface area (TPSA) is 41.4 Å². The van der Waals surface area contributed by atoms with Gasteiger partial charge in [0, 0.05) is 31.7 Å². The first-order valence-electron chi connectivity index (χ1n) is 11.1. The number of fused-ring (bicyclic) bond motifs is 1. The van der Waals surface area contributed by atoms with Crippen LogP contribution in [0.1, 0.15) is 43.9 Å². The van der Waals surface area contributed by atoms with E-state index in [-0.39, 0.29) is 5.91 Å². The van der Waals surface area contributed by atoms with E-state index >= 15 is 0 Å². The Labute approximate surface area is 180 Å². The number of aryl methyl sites for hydroxylation is 1. The fraction of sp³-hybridized carbons (Fsp3) is 0.440. The normalized spacial score (nSPS) is 11.4. The summed E-state index contributed by atoms with van der Waals surface area (Å²) in [7, 11) is 0. The van der Waals surface area contributed by atoms with Crippen LogP contribution in [0.15, 0.2) is 42.5 Å². The molecule has 0 aliphatic carbocycles. The minimum absolute atomic E-state index is 0.0722. The maximum atomic E-state index is 13.5. The zero-order valence-corrected chi connectivity index (χ0v) is 19.0. The fourth-order valence-electron chi connectivity index (χ4n) is 4.13. The van der Waals surface area contributed by atoms with Gasteiger partial charge in [-0.2, -0.15) is 0 Å². The highest BCUT2D eigenvalue weighted by atomic mass is 16.2. The van der Waals surface area contributed by atoms with Crippen LogP contribution in [-0.4, -0.2) is 58.0 Å². The average molecular weight is 407 g/mol. The third kappa shape index (κ3) is 4.26. The molecular weight excluding hydrogens is 372 g/mol. The molecule has 0 unspecified atom stereocenters. The van der Waals surface area contributed by atoms with Crippen molar-refractivity contribution in [2.45, 2.75) is 41.2 Å². The van der Waals surface area contributed by atoms with Gasteiger partial charge in [-0.05, 0) is 44.6 Å². The second kappa shape index (κ2) is 9.90. The number of carbonyl (C=O) groups is 1. The average Bonchev–Trinajstić information content (AvgIpc) is 3.12. The number of nitrogens with zero attached hydrogens (tertiary/aromatic N) is 4. The fourth-order valence-corrected chi connectivity index (χ4v) is 4.13. The molecule has 0 saturated heterocycles. The van der Waals surface area contributed by atoms with Crippen molar-refractivity contribution in [2.75, 3.05) is 32.7 Å². The molecule has 1 aromatic heterocycles. The zero-order chi connectivity index (χ0) is 21.7. The summed E-state index contributed by atoms with van der Waals surface area (Å²) in [6.07, 6.45) is 0. The van der Waals surface area contributed by atoms with Crippen LogP contribution >= 0.6 is 0 Å². The number of likely N-dealkylation sites (N-methyl/N-ethyl adjacent to an activating group) is 2. The molecular formula is C25H34N4O.